The van der Waals surface area contributed by atoms with Gasteiger partial charge < -0.3 is 25.0 Å². The number of carbonyl (C=O) groups excluding carboxylic acids is 3. The molecule has 3 aromatic carbocycles. The SMILES string of the molecule is CCCN(CCC)C(=O)c1cc(C)cc(C(=O)N[C@@H](Cc2cc(F)cc(F)c2)[C@H](O)CN(Cc2cccc(I)c2)C(=O)OC(C)(C)C)c1. The van der Waals surface area contributed by atoms with Crippen LogP contribution in [0.25, 0.3) is 0 Å². The first-order chi connectivity index (χ1) is 22.6. The maximum Gasteiger partial charge on any atom is 0.410 e. The summed E-state index contributed by atoms with van der Waals surface area (Å²) in [5.41, 5.74) is 1.43. The molecule has 0 aliphatic heterocycles. The Hall–Kier alpha value is -3.58. The van der Waals surface area contributed by atoms with Crippen molar-refractivity contribution < 1.29 is 33.0 Å². The Morgan fingerprint density at radius 1 is 0.896 bits per heavy atom. The van der Waals surface area contributed by atoms with Crippen molar-refractivity contribution in [2.24, 2.45) is 0 Å². The van der Waals surface area contributed by atoms with Gasteiger partial charge in [-0.15, -0.1) is 0 Å². The Balaban J connectivity index is 1.96. The van der Waals surface area contributed by atoms with E-state index in [2.05, 4.69) is 27.9 Å². The van der Waals surface area contributed by atoms with Crippen LogP contribution in [0.4, 0.5) is 13.6 Å². The molecular formula is C37H46F2IN3O5. The Labute approximate surface area is 296 Å². The summed E-state index contributed by atoms with van der Waals surface area (Å²) in [6, 6.07) is 14.3. The van der Waals surface area contributed by atoms with Crippen molar-refractivity contribution in [3.63, 3.8) is 0 Å². The molecule has 48 heavy (non-hydrogen) atoms. The van der Waals surface area contributed by atoms with Crippen molar-refractivity contribution in [3.8, 4) is 0 Å². The number of aliphatic hydroxyl groups is 1. The first-order valence-electron chi connectivity index (χ1n) is 16.2. The minimum Gasteiger partial charge on any atom is -0.444 e. The molecule has 0 saturated carbocycles. The molecule has 0 fully saturated rings. The highest BCUT2D eigenvalue weighted by Gasteiger charge is 2.30. The normalized spacial score (nSPS) is 12.6. The molecule has 0 aliphatic rings. The van der Waals surface area contributed by atoms with Gasteiger partial charge in [-0.25, -0.2) is 13.6 Å². The number of aliphatic hydroxyl groups excluding tert-OH is 1. The Bertz CT molecular complexity index is 1550. The van der Waals surface area contributed by atoms with Gasteiger partial charge in [0.25, 0.3) is 11.8 Å². The van der Waals surface area contributed by atoms with Crippen LogP contribution in [-0.4, -0.2) is 70.2 Å². The lowest BCUT2D eigenvalue weighted by Crippen LogP contribution is -2.51. The van der Waals surface area contributed by atoms with Crippen LogP contribution in [0.15, 0.2) is 60.7 Å². The van der Waals surface area contributed by atoms with Gasteiger partial charge in [-0.2, -0.15) is 0 Å². The van der Waals surface area contributed by atoms with Crippen molar-refractivity contribution in [3.05, 3.63) is 104 Å². The zero-order valence-electron chi connectivity index (χ0n) is 28.5. The van der Waals surface area contributed by atoms with E-state index in [0.29, 0.717) is 24.2 Å². The van der Waals surface area contributed by atoms with Gasteiger partial charge in [0.2, 0.25) is 0 Å². The van der Waals surface area contributed by atoms with Crippen molar-refractivity contribution in [1.29, 1.82) is 0 Å². The molecule has 0 aliphatic carbocycles. The number of aryl methyl sites for hydroxylation is 1. The van der Waals surface area contributed by atoms with Gasteiger partial charge in [0, 0.05) is 40.4 Å². The van der Waals surface area contributed by atoms with E-state index in [1.54, 1.807) is 44.7 Å². The number of nitrogens with zero attached hydrogens (tertiary/aromatic N) is 2. The summed E-state index contributed by atoms with van der Waals surface area (Å²) in [6.45, 7) is 12.0. The third kappa shape index (κ3) is 12.1. The van der Waals surface area contributed by atoms with E-state index in [1.807, 2.05) is 38.1 Å². The molecule has 2 atom stereocenters. The fraction of sp³-hybridized carbons (Fsp3) is 0.432. The lowest BCUT2D eigenvalue weighted by atomic mass is 9.99. The minimum atomic E-state index is -1.38. The molecule has 8 nitrogen and oxygen atoms in total. The number of hydrogen-bond donors (Lipinski definition) is 2. The van der Waals surface area contributed by atoms with Gasteiger partial charge in [0.15, 0.2) is 0 Å². The zero-order chi connectivity index (χ0) is 35.6. The number of carbonyl (C=O) groups is 3. The summed E-state index contributed by atoms with van der Waals surface area (Å²) in [5.74, 6) is -2.38. The summed E-state index contributed by atoms with van der Waals surface area (Å²) < 4.78 is 35.0. The summed E-state index contributed by atoms with van der Waals surface area (Å²) in [7, 11) is 0. The second-order valence-corrected chi connectivity index (χ2v) is 14.2. The fourth-order valence-corrected chi connectivity index (χ4v) is 5.94. The average Bonchev–Trinajstić information content (AvgIpc) is 2.98. The molecule has 0 radical (unpaired) electrons. The van der Waals surface area contributed by atoms with Crippen molar-refractivity contribution >= 4 is 40.5 Å². The highest BCUT2D eigenvalue weighted by atomic mass is 127. The molecule has 0 heterocycles. The second-order valence-electron chi connectivity index (χ2n) is 13.0. The largest absolute Gasteiger partial charge is 0.444 e. The summed E-state index contributed by atoms with van der Waals surface area (Å²) >= 11 is 2.17. The molecule has 0 unspecified atom stereocenters. The van der Waals surface area contributed by atoms with Gasteiger partial charge in [-0.05, 0) is 129 Å². The smallest absolute Gasteiger partial charge is 0.410 e. The van der Waals surface area contributed by atoms with Gasteiger partial charge in [-0.1, -0.05) is 26.0 Å². The second kappa shape index (κ2) is 17.7. The highest BCUT2D eigenvalue weighted by Crippen LogP contribution is 2.19. The van der Waals surface area contributed by atoms with Crippen LogP contribution in [0, 0.1) is 22.1 Å². The Kier molecular flexibility index (Phi) is 14.3. The Morgan fingerprint density at radius 2 is 1.52 bits per heavy atom. The first kappa shape index (κ1) is 38.9. The predicted octanol–water partition coefficient (Wildman–Crippen LogP) is 7.28. The summed E-state index contributed by atoms with van der Waals surface area (Å²) in [6.07, 6.45) is -0.631. The molecule has 11 heteroatoms. The first-order valence-corrected chi connectivity index (χ1v) is 17.2. The molecule has 2 N–H and O–H groups in total. The topological polar surface area (TPSA) is 99.2 Å². The molecular weight excluding hydrogens is 731 g/mol. The van der Waals surface area contributed by atoms with Crippen LogP contribution in [0.5, 0.6) is 0 Å². The monoisotopic (exact) mass is 777 g/mol. The molecule has 0 saturated heterocycles. The van der Waals surface area contributed by atoms with Crippen molar-refractivity contribution in [2.45, 2.75) is 85.1 Å². The van der Waals surface area contributed by atoms with Crippen LogP contribution in [0.2, 0.25) is 0 Å². The average molecular weight is 778 g/mol. The number of ether oxygens (including phenoxy) is 1. The van der Waals surface area contributed by atoms with Gasteiger partial charge in [-0.3, -0.25) is 9.59 Å². The maximum absolute atomic E-state index is 14.2. The number of halogens is 3. The molecule has 3 rings (SSSR count). The maximum atomic E-state index is 14.2. The number of hydrogen-bond acceptors (Lipinski definition) is 5. The van der Waals surface area contributed by atoms with Crippen LogP contribution >= 0.6 is 22.6 Å². The van der Waals surface area contributed by atoms with E-state index < -0.39 is 41.4 Å². The third-order valence-corrected chi connectivity index (χ3v) is 8.01. The van der Waals surface area contributed by atoms with Gasteiger partial charge in [0.05, 0.1) is 18.7 Å². The van der Waals surface area contributed by atoms with Gasteiger partial charge in [0.1, 0.15) is 17.2 Å². The molecule has 260 valence electrons. The molecule has 3 aromatic rings. The molecule has 0 spiro atoms. The van der Waals surface area contributed by atoms with Crippen LogP contribution in [-0.2, 0) is 17.7 Å². The van der Waals surface area contributed by atoms with Gasteiger partial charge >= 0.3 is 6.09 Å². The fourth-order valence-electron chi connectivity index (χ4n) is 5.33. The van der Waals surface area contributed by atoms with E-state index in [9.17, 15) is 28.3 Å². The predicted molar refractivity (Wildman–Crippen MR) is 191 cm³/mol. The Morgan fingerprint density at radius 3 is 2.10 bits per heavy atom. The quantitative estimate of drug-likeness (QED) is 0.168. The molecule has 3 amide bonds. The lowest BCUT2D eigenvalue weighted by molar-refractivity contribution is 0.00837. The van der Waals surface area contributed by atoms with Crippen molar-refractivity contribution in [1.82, 2.24) is 15.1 Å². The van der Waals surface area contributed by atoms with E-state index in [-0.39, 0.29) is 36.5 Å². The molecule has 0 aromatic heterocycles. The number of amides is 3. The third-order valence-electron chi connectivity index (χ3n) is 7.34. The number of rotatable bonds is 14. The molecule has 0 bridgehead atoms. The van der Waals surface area contributed by atoms with E-state index in [1.165, 1.54) is 11.0 Å². The standard InChI is InChI=1S/C37H46F2IN3O5/c1-7-12-42(13-8-2)35(46)28-15-24(3)14-27(20-28)34(45)41-32(19-26-16-29(38)21-30(39)17-26)33(44)23-43(36(47)48-37(4,5)6)22-25-10-9-11-31(40)18-25/h9-11,14-18,20-21,32-33,44H,7-8,12-13,19,22-23H2,1-6H3,(H,41,45)/t32-,33+/m0/s1. The van der Waals surface area contributed by atoms with E-state index >= 15 is 0 Å². The minimum absolute atomic E-state index is 0.105. The van der Waals surface area contributed by atoms with Crippen LogP contribution in [0.1, 0.15) is 84.9 Å². The number of nitrogens with one attached hydrogen (secondary N) is 1. The zero-order valence-corrected chi connectivity index (χ0v) is 30.6. The summed E-state index contributed by atoms with van der Waals surface area (Å²) in [5, 5.41) is 14.4. The van der Waals surface area contributed by atoms with E-state index in [4.69, 9.17) is 4.74 Å². The number of benzene rings is 3. The van der Waals surface area contributed by atoms with Crippen LogP contribution < -0.4 is 5.32 Å². The van der Waals surface area contributed by atoms with E-state index in [0.717, 1.165) is 40.2 Å². The van der Waals surface area contributed by atoms with Crippen LogP contribution in [0.3, 0.4) is 0 Å². The lowest BCUT2D eigenvalue weighted by Gasteiger charge is -2.32. The highest BCUT2D eigenvalue weighted by molar-refractivity contribution is 14.1. The van der Waals surface area contributed by atoms with Crippen molar-refractivity contribution in [2.75, 3.05) is 19.6 Å². The summed E-state index contributed by atoms with van der Waals surface area (Å²) in [4.78, 5) is 43.6.